The first-order valence-electron chi connectivity index (χ1n) is 14.0. The van der Waals surface area contributed by atoms with Gasteiger partial charge in [0.05, 0.1) is 19.8 Å². The van der Waals surface area contributed by atoms with Crippen LogP contribution in [0.25, 0.3) is 0 Å². The summed E-state index contributed by atoms with van der Waals surface area (Å²) < 4.78 is 16.6. The second-order valence-electron chi connectivity index (χ2n) is 10.9. The first-order chi connectivity index (χ1) is 18.2. The Morgan fingerprint density at radius 2 is 1.63 bits per heavy atom. The van der Waals surface area contributed by atoms with E-state index in [9.17, 15) is 9.90 Å². The Labute approximate surface area is 230 Å². The lowest BCUT2D eigenvalue weighted by atomic mass is 9.82. The second-order valence-corrected chi connectivity index (χ2v) is 10.9. The number of aliphatic hydroxyl groups is 1. The monoisotopic (exact) mass is 527 g/mol. The molecular weight excluding hydrogens is 478 g/mol. The van der Waals surface area contributed by atoms with Crippen LogP contribution in [0, 0.1) is 23.7 Å². The zero-order chi connectivity index (χ0) is 27.9. The van der Waals surface area contributed by atoms with E-state index in [0.29, 0.717) is 44.4 Å². The molecule has 2 aromatic rings. The van der Waals surface area contributed by atoms with Crippen LogP contribution in [-0.4, -0.2) is 44.6 Å². The summed E-state index contributed by atoms with van der Waals surface area (Å²) in [6.45, 7) is 10.3. The molecule has 2 aromatic carbocycles. The number of carbonyl (C=O) groups is 1. The lowest BCUT2D eigenvalue weighted by Gasteiger charge is -2.26. The largest absolute Gasteiger partial charge is 0.493 e. The third-order valence-corrected chi connectivity index (χ3v) is 7.27. The highest BCUT2D eigenvalue weighted by atomic mass is 16.5. The molecule has 2 rings (SSSR count). The van der Waals surface area contributed by atoms with Gasteiger partial charge >= 0.3 is 0 Å². The van der Waals surface area contributed by atoms with Gasteiger partial charge in [-0.2, -0.15) is 0 Å². The molecule has 0 heterocycles. The van der Waals surface area contributed by atoms with Crippen LogP contribution in [0.4, 0.5) is 0 Å². The third-order valence-electron chi connectivity index (χ3n) is 7.27. The molecule has 212 valence electrons. The Hall–Kier alpha value is -2.57. The second kappa shape index (κ2) is 17.1. The van der Waals surface area contributed by atoms with Crippen LogP contribution in [0.1, 0.15) is 64.5 Å². The highest BCUT2D eigenvalue weighted by molar-refractivity contribution is 5.78. The fourth-order valence-corrected chi connectivity index (χ4v) is 4.74. The van der Waals surface area contributed by atoms with Crippen LogP contribution in [0.15, 0.2) is 48.5 Å². The van der Waals surface area contributed by atoms with Crippen molar-refractivity contribution in [2.75, 3.05) is 27.4 Å². The van der Waals surface area contributed by atoms with Crippen LogP contribution >= 0.6 is 0 Å². The van der Waals surface area contributed by atoms with Crippen molar-refractivity contribution < 1.29 is 24.1 Å². The van der Waals surface area contributed by atoms with Crippen molar-refractivity contribution in [1.82, 2.24) is 5.32 Å². The topological polar surface area (TPSA) is 77.0 Å². The van der Waals surface area contributed by atoms with Crippen LogP contribution in [0.2, 0.25) is 0 Å². The zero-order valence-corrected chi connectivity index (χ0v) is 24.2. The number of ether oxygens (including phenoxy) is 3. The molecule has 0 spiro atoms. The first-order valence-corrected chi connectivity index (χ1v) is 14.0. The number of methoxy groups -OCH3 is 2. The number of rotatable bonds is 18. The quantitative estimate of drug-likeness (QED) is 0.231. The minimum atomic E-state index is -0.512. The van der Waals surface area contributed by atoms with E-state index >= 15 is 0 Å². The number of hydrogen-bond acceptors (Lipinski definition) is 5. The first kappa shape index (κ1) is 31.6. The number of amides is 1. The average molecular weight is 528 g/mol. The van der Waals surface area contributed by atoms with Gasteiger partial charge < -0.3 is 24.6 Å². The highest BCUT2D eigenvalue weighted by Crippen LogP contribution is 2.32. The molecular formula is C32H49NO5. The number of benzene rings is 2. The zero-order valence-electron chi connectivity index (χ0n) is 24.2. The Morgan fingerprint density at radius 3 is 2.26 bits per heavy atom. The van der Waals surface area contributed by atoms with Gasteiger partial charge in [-0.05, 0) is 66.7 Å². The lowest BCUT2D eigenvalue weighted by Crippen LogP contribution is -2.35. The fourth-order valence-electron chi connectivity index (χ4n) is 4.74. The van der Waals surface area contributed by atoms with Gasteiger partial charge in [0, 0.05) is 32.6 Å². The molecule has 0 aliphatic rings. The van der Waals surface area contributed by atoms with Crippen molar-refractivity contribution in [2.45, 2.75) is 72.4 Å². The van der Waals surface area contributed by atoms with Gasteiger partial charge in [-0.3, -0.25) is 4.79 Å². The summed E-state index contributed by atoms with van der Waals surface area (Å²) in [5.41, 5.74) is 2.27. The summed E-state index contributed by atoms with van der Waals surface area (Å²) in [7, 11) is 3.34. The van der Waals surface area contributed by atoms with Gasteiger partial charge in [-0.1, -0.05) is 64.1 Å². The van der Waals surface area contributed by atoms with Crippen LogP contribution in [0.3, 0.4) is 0 Å². The molecule has 0 bridgehead atoms. The van der Waals surface area contributed by atoms with Crippen molar-refractivity contribution in [3.8, 4) is 11.5 Å². The summed E-state index contributed by atoms with van der Waals surface area (Å²) in [5.74, 6) is 2.31. The summed E-state index contributed by atoms with van der Waals surface area (Å²) >= 11 is 0. The van der Waals surface area contributed by atoms with E-state index in [2.05, 4.69) is 45.1 Å². The maximum Gasteiger partial charge on any atom is 0.223 e. The van der Waals surface area contributed by atoms with Crippen molar-refractivity contribution in [3.05, 3.63) is 59.7 Å². The lowest BCUT2D eigenvalue weighted by molar-refractivity contribution is -0.127. The van der Waals surface area contributed by atoms with Gasteiger partial charge in [0.2, 0.25) is 5.91 Å². The molecule has 0 radical (unpaired) electrons. The summed E-state index contributed by atoms with van der Waals surface area (Å²) in [5, 5.41) is 14.0. The van der Waals surface area contributed by atoms with E-state index in [4.69, 9.17) is 14.2 Å². The normalized spacial score (nSPS) is 13.8. The minimum absolute atomic E-state index is 0.0135. The molecule has 0 saturated heterocycles. The Morgan fingerprint density at radius 1 is 0.895 bits per heavy atom. The van der Waals surface area contributed by atoms with Crippen molar-refractivity contribution in [1.29, 1.82) is 0 Å². The summed E-state index contributed by atoms with van der Waals surface area (Å²) in [6, 6.07) is 16.1. The van der Waals surface area contributed by atoms with Gasteiger partial charge in [0.1, 0.15) is 0 Å². The fraction of sp³-hybridized carbons (Fsp3) is 0.594. The molecule has 0 aliphatic heterocycles. The van der Waals surface area contributed by atoms with E-state index in [0.717, 1.165) is 36.3 Å². The molecule has 6 nitrogen and oxygen atoms in total. The molecule has 0 fully saturated rings. The molecule has 6 heteroatoms. The highest BCUT2D eigenvalue weighted by Gasteiger charge is 2.26. The predicted octanol–water partition coefficient (Wildman–Crippen LogP) is 6.05. The van der Waals surface area contributed by atoms with Crippen LogP contribution in [-0.2, 0) is 22.5 Å². The molecule has 2 N–H and O–H groups in total. The summed E-state index contributed by atoms with van der Waals surface area (Å²) in [4.78, 5) is 12.9. The third kappa shape index (κ3) is 11.0. The predicted molar refractivity (Wildman–Crippen MR) is 153 cm³/mol. The number of carbonyl (C=O) groups excluding carboxylic acids is 1. The maximum absolute atomic E-state index is 12.9. The molecule has 38 heavy (non-hydrogen) atoms. The van der Waals surface area contributed by atoms with E-state index in [1.54, 1.807) is 14.2 Å². The van der Waals surface area contributed by atoms with E-state index in [-0.39, 0.29) is 17.7 Å². The molecule has 2 unspecified atom stereocenters. The molecule has 3 atom stereocenters. The SMILES string of the molecule is COCCCOc1cc(CC(CC[C@@H](O)CC(C(=O)NCc2ccccc2)C(C)C)C(C)C)ccc1OC. The molecule has 0 saturated carbocycles. The van der Waals surface area contributed by atoms with E-state index < -0.39 is 6.10 Å². The Kier molecular flexibility index (Phi) is 14.2. The van der Waals surface area contributed by atoms with Gasteiger partial charge in [-0.15, -0.1) is 0 Å². The van der Waals surface area contributed by atoms with Gasteiger partial charge in [-0.25, -0.2) is 0 Å². The number of nitrogens with one attached hydrogen (secondary N) is 1. The Balaban J connectivity index is 1.93. The van der Waals surface area contributed by atoms with Crippen LogP contribution < -0.4 is 14.8 Å². The maximum atomic E-state index is 12.9. The van der Waals surface area contributed by atoms with Crippen molar-refractivity contribution in [3.63, 3.8) is 0 Å². The Bertz CT molecular complexity index is 931. The molecule has 1 amide bonds. The molecule has 0 aliphatic carbocycles. The number of hydrogen-bond donors (Lipinski definition) is 2. The number of aliphatic hydroxyl groups excluding tert-OH is 1. The average Bonchev–Trinajstić information content (AvgIpc) is 2.91. The van der Waals surface area contributed by atoms with E-state index in [1.165, 1.54) is 5.56 Å². The van der Waals surface area contributed by atoms with Gasteiger partial charge in [0.15, 0.2) is 11.5 Å². The minimum Gasteiger partial charge on any atom is -0.493 e. The smallest absolute Gasteiger partial charge is 0.223 e. The van der Waals surface area contributed by atoms with Gasteiger partial charge in [0.25, 0.3) is 0 Å². The summed E-state index contributed by atoms with van der Waals surface area (Å²) in [6.07, 6.45) is 3.25. The van der Waals surface area contributed by atoms with Crippen molar-refractivity contribution >= 4 is 5.91 Å². The molecule has 0 aromatic heterocycles. The standard InChI is InChI=1S/C32H49NO5/c1-23(2)27(19-26-13-16-30(37-6)31(20-26)38-18-10-17-36-5)14-15-28(34)21-29(24(3)4)32(35)33-22-25-11-8-7-9-12-25/h7-9,11-13,16,20,23-24,27-29,34H,10,14-15,17-19,21-22H2,1-6H3,(H,33,35)/t27?,28-,29?/m1/s1. The van der Waals surface area contributed by atoms with E-state index in [1.807, 2.05) is 36.4 Å². The van der Waals surface area contributed by atoms with Crippen LogP contribution in [0.5, 0.6) is 11.5 Å². The van der Waals surface area contributed by atoms with Crippen molar-refractivity contribution in [2.24, 2.45) is 23.7 Å².